The van der Waals surface area contributed by atoms with Crippen LogP contribution in [0.1, 0.15) is 43.8 Å². The fourth-order valence-corrected chi connectivity index (χ4v) is 2.72. The van der Waals surface area contributed by atoms with Crippen molar-refractivity contribution in [3.63, 3.8) is 0 Å². The molecule has 0 amide bonds. The van der Waals surface area contributed by atoms with Crippen LogP contribution in [0.3, 0.4) is 0 Å². The van der Waals surface area contributed by atoms with Gasteiger partial charge in [-0.3, -0.25) is 4.68 Å². The van der Waals surface area contributed by atoms with Crippen molar-refractivity contribution in [2.75, 3.05) is 20.8 Å². The van der Waals surface area contributed by atoms with E-state index in [-0.39, 0.29) is 0 Å². The van der Waals surface area contributed by atoms with Crippen molar-refractivity contribution in [3.8, 4) is 0 Å². The molecule has 1 N–H and O–H groups in total. The quantitative estimate of drug-likeness (QED) is 0.807. The molecule has 102 valence electrons. The van der Waals surface area contributed by atoms with Crippen LogP contribution in [0.15, 0.2) is 12.3 Å². The normalized spacial score (nSPS) is 18.3. The minimum atomic E-state index is 0.455. The van der Waals surface area contributed by atoms with Gasteiger partial charge in [0, 0.05) is 32.4 Å². The van der Waals surface area contributed by atoms with E-state index in [0.29, 0.717) is 12.1 Å². The lowest BCUT2D eigenvalue weighted by molar-refractivity contribution is 0.183. The number of aromatic nitrogens is 2. The predicted octanol–water partition coefficient (Wildman–Crippen LogP) is 2.17. The predicted molar refractivity (Wildman–Crippen MR) is 72.8 cm³/mol. The fourth-order valence-electron chi connectivity index (χ4n) is 2.72. The number of nitrogens with zero attached hydrogens (tertiary/aromatic N) is 2. The minimum Gasteiger partial charge on any atom is -0.385 e. The maximum absolute atomic E-state index is 5.13. The van der Waals surface area contributed by atoms with Crippen molar-refractivity contribution in [3.05, 3.63) is 18.0 Å². The van der Waals surface area contributed by atoms with Gasteiger partial charge in [0.25, 0.3) is 0 Å². The van der Waals surface area contributed by atoms with Crippen molar-refractivity contribution in [1.82, 2.24) is 15.1 Å². The molecular formula is C14H25N3O. The van der Waals surface area contributed by atoms with Crippen LogP contribution in [0.5, 0.6) is 0 Å². The Kier molecular flexibility index (Phi) is 5.20. The second-order valence-corrected chi connectivity index (χ2v) is 5.20. The largest absolute Gasteiger partial charge is 0.385 e. The number of hydrogen-bond acceptors (Lipinski definition) is 3. The Balaban J connectivity index is 1.88. The standard InChI is InChI=1S/C14H25N3O/c1-15-12(8-10-18-2)11-13-7-9-17(16-13)14-5-3-4-6-14/h7,9,12,14-15H,3-6,8,10-11H2,1-2H3. The van der Waals surface area contributed by atoms with Crippen LogP contribution in [0.25, 0.3) is 0 Å². The lowest BCUT2D eigenvalue weighted by Gasteiger charge is -2.14. The van der Waals surface area contributed by atoms with Crippen LogP contribution in [-0.4, -0.2) is 36.6 Å². The van der Waals surface area contributed by atoms with E-state index in [1.54, 1.807) is 7.11 Å². The summed E-state index contributed by atoms with van der Waals surface area (Å²) in [6.45, 7) is 0.800. The molecule has 0 aliphatic heterocycles. The highest BCUT2D eigenvalue weighted by molar-refractivity contribution is 5.02. The second kappa shape index (κ2) is 6.90. The number of nitrogens with one attached hydrogen (secondary N) is 1. The molecule has 2 rings (SSSR count). The van der Waals surface area contributed by atoms with Gasteiger partial charge >= 0.3 is 0 Å². The Morgan fingerprint density at radius 1 is 1.50 bits per heavy atom. The first-order chi connectivity index (χ1) is 8.83. The lowest BCUT2D eigenvalue weighted by atomic mass is 10.1. The highest BCUT2D eigenvalue weighted by Crippen LogP contribution is 2.28. The van der Waals surface area contributed by atoms with Crippen LogP contribution in [0.2, 0.25) is 0 Å². The van der Waals surface area contributed by atoms with Gasteiger partial charge < -0.3 is 10.1 Å². The molecule has 1 aliphatic carbocycles. The monoisotopic (exact) mass is 251 g/mol. The molecular weight excluding hydrogens is 226 g/mol. The van der Waals surface area contributed by atoms with Crippen LogP contribution in [0, 0.1) is 0 Å². The summed E-state index contributed by atoms with van der Waals surface area (Å²) in [5, 5.41) is 8.06. The average molecular weight is 251 g/mol. The summed E-state index contributed by atoms with van der Waals surface area (Å²) in [4.78, 5) is 0. The Hall–Kier alpha value is -0.870. The van der Waals surface area contributed by atoms with Crippen molar-refractivity contribution in [2.45, 2.75) is 50.6 Å². The number of methoxy groups -OCH3 is 1. The van der Waals surface area contributed by atoms with E-state index >= 15 is 0 Å². The summed E-state index contributed by atoms with van der Waals surface area (Å²) in [7, 11) is 3.76. The van der Waals surface area contributed by atoms with Crippen LogP contribution >= 0.6 is 0 Å². The van der Waals surface area contributed by atoms with Gasteiger partial charge in [0.15, 0.2) is 0 Å². The fraction of sp³-hybridized carbons (Fsp3) is 0.786. The van der Waals surface area contributed by atoms with Gasteiger partial charge in [-0.1, -0.05) is 12.8 Å². The first-order valence-electron chi connectivity index (χ1n) is 7.03. The third kappa shape index (κ3) is 3.56. The SMILES string of the molecule is CNC(CCOC)Cc1ccn(C2CCCC2)n1. The molecule has 1 aromatic heterocycles. The number of hydrogen-bond donors (Lipinski definition) is 1. The maximum atomic E-state index is 5.13. The van der Waals surface area contributed by atoms with Crippen LogP contribution in [-0.2, 0) is 11.2 Å². The van der Waals surface area contributed by atoms with Gasteiger partial charge in [0.1, 0.15) is 0 Å². The molecule has 18 heavy (non-hydrogen) atoms. The minimum absolute atomic E-state index is 0.455. The van der Waals surface area contributed by atoms with Gasteiger partial charge in [-0.25, -0.2) is 0 Å². The van der Waals surface area contributed by atoms with Gasteiger partial charge in [0.05, 0.1) is 11.7 Å². The maximum Gasteiger partial charge on any atom is 0.0640 e. The summed E-state index contributed by atoms with van der Waals surface area (Å²) >= 11 is 0. The summed E-state index contributed by atoms with van der Waals surface area (Å²) in [5.74, 6) is 0. The van der Waals surface area contributed by atoms with Gasteiger partial charge in [-0.05, 0) is 32.4 Å². The second-order valence-electron chi connectivity index (χ2n) is 5.20. The van der Waals surface area contributed by atoms with Crippen LogP contribution < -0.4 is 5.32 Å². The van der Waals surface area contributed by atoms with E-state index in [4.69, 9.17) is 9.84 Å². The molecule has 0 spiro atoms. The smallest absolute Gasteiger partial charge is 0.0640 e. The summed E-state index contributed by atoms with van der Waals surface area (Å²) < 4.78 is 7.30. The zero-order chi connectivity index (χ0) is 12.8. The molecule has 4 heteroatoms. The third-order valence-electron chi connectivity index (χ3n) is 3.90. The molecule has 0 bridgehead atoms. The van der Waals surface area contributed by atoms with Crippen molar-refractivity contribution in [1.29, 1.82) is 0 Å². The zero-order valence-corrected chi connectivity index (χ0v) is 11.6. The average Bonchev–Trinajstić information content (AvgIpc) is 3.04. The molecule has 0 saturated heterocycles. The molecule has 1 aliphatic rings. The Labute approximate surface area is 110 Å². The van der Waals surface area contributed by atoms with E-state index in [1.165, 1.54) is 31.4 Å². The van der Waals surface area contributed by atoms with Crippen molar-refractivity contribution >= 4 is 0 Å². The number of rotatable bonds is 7. The summed E-state index contributed by atoms with van der Waals surface area (Å²) in [5.41, 5.74) is 1.19. The topological polar surface area (TPSA) is 39.1 Å². The van der Waals surface area contributed by atoms with Crippen molar-refractivity contribution < 1.29 is 4.74 Å². The van der Waals surface area contributed by atoms with Gasteiger partial charge in [-0.15, -0.1) is 0 Å². The highest BCUT2D eigenvalue weighted by atomic mass is 16.5. The first-order valence-corrected chi connectivity index (χ1v) is 7.03. The molecule has 1 aromatic rings. The molecule has 0 radical (unpaired) electrons. The van der Waals surface area contributed by atoms with E-state index < -0.39 is 0 Å². The van der Waals surface area contributed by atoms with E-state index in [2.05, 4.69) is 22.3 Å². The Bertz CT molecular complexity index is 345. The number of ether oxygens (including phenoxy) is 1. The molecule has 1 heterocycles. The lowest BCUT2D eigenvalue weighted by Crippen LogP contribution is -2.29. The third-order valence-corrected chi connectivity index (χ3v) is 3.90. The first kappa shape index (κ1) is 13.6. The van der Waals surface area contributed by atoms with Crippen molar-refractivity contribution in [2.24, 2.45) is 0 Å². The van der Waals surface area contributed by atoms with Gasteiger partial charge in [-0.2, -0.15) is 5.10 Å². The Morgan fingerprint density at radius 3 is 2.94 bits per heavy atom. The summed E-state index contributed by atoms with van der Waals surface area (Å²) in [6, 6.07) is 3.26. The van der Waals surface area contributed by atoms with Crippen LogP contribution in [0.4, 0.5) is 0 Å². The van der Waals surface area contributed by atoms with E-state index in [0.717, 1.165) is 19.4 Å². The summed E-state index contributed by atoms with van der Waals surface area (Å²) in [6.07, 6.45) is 9.46. The molecule has 1 fully saturated rings. The molecule has 0 aromatic carbocycles. The van der Waals surface area contributed by atoms with E-state index in [9.17, 15) is 0 Å². The Morgan fingerprint density at radius 2 is 2.28 bits per heavy atom. The highest BCUT2D eigenvalue weighted by Gasteiger charge is 2.18. The van der Waals surface area contributed by atoms with Gasteiger partial charge in [0.2, 0.25) is 0 Å². The molecule has 1 atom stereocenters. The molecule has 1 saturated carbocycles. The molecule has 1 unspecified atom stereocenters. The number of likely N-dealkylation sites (N-methyl/N-ethyl adjacent to an activating group) is 1. The van der Waals surface area contributed by atoms with E-state index in [1.807, 2.05) is 7.05 Å². The molecule has 4 nitrogen and oxygen atoms in total. The zero-order valence-electron chi connectivity index (χ0n) is 11.6.